The molecule has 0 unspecified atom stereocenters. The van der Waals surface area contributed by atoms with Gasteiger partial charge in [-0.2, -0.15) is 0 Å². The minimum atomic E-state index is -0.384. The number of hydrogen-bond donors (Lipinski definition) is 2. The molecule has 0 aromatic carbocycles. The smallest absolute Gasteiger partial charge is 0.0644 e. The number of piperidine rings is 1. The molecule has 0 radical (unpaired) electrons. The Hall–Kier alpha value is -0.0800. The highest BCUT2D eigenvalue weighted by molar-refractivity contribution is 4.78. The lowest BCUT2D eigenvalue weighted by Crippen LogP contribution is -2.39. The molecule has 0 spiro atoms. The lowest BCUT2D eigenvalue weighted by atomic mass is 9.95. The van der Waals surface area contributed by atoms with Crippen molar-refractivity contribution in [1.82, 2.24) is 5.32 Å². The van der Waals surface area contributed by atoms with Gasteiger partial charge >= 0.3 is 0 Å². The van der Waals surface area contributed by atoms with Crippen LogP contribution in [0.3, 0.4) is 0 Å². The topological polar surface area (TPSA) is 32.3 Å². The predicted octanol–water partition coefficient (Wildman–Crippen LogP) is 0.757. The summed E-state index contributed by atoms with van der Waals surface area (Å²) in [5.41, 5.74) is -0.384. The zero-order valence-electron chi connectivity index (χ0n) is 5.28. The maximum atomic E-state index is 9.33. The van der Waals surface area contributed by atoms with Gasteiger partial charge in [0.1, 0.15) is 0 Å². The van der Waals surface area contributed by atoms with Gasteiger partial charge in [-0.05, 0) is 32.9 Å². The number of rotatable bonds is 0. The molecule has 1 aliphatic heterocycles. The lowest BCUT2D eigenvalue weighted by molar-refractivity contribution is 0.0291. The van der Waals surface area contributed by atoms with E-state index in [-0.39, 0.29) is 13.0 Å². The van der Waals surface area contributed by atoms with E-state index < -0.39 is 0 Å². The van der Waals surface area contributed by atoms with Gasteiger partial charge in [0.15, 0.2) is 0 Å². The Morgan fingerprint density at radius 3 is 2.00 bits per heavy atom. The SMILES string of the molecule is C.CC1(O)CCNCC1. The standard InChI is InChI=1S/C6H13NO.CH4/c1-6(8)2-4-7-5-3-6;/h7-8H,2-5H2,1H3;1H4. The zero-order chi connectivity index (χ0) is 6.04. The van der Waals surface area contributed by atoms with Crippen LogP contribution in [-0.2, 0) is 0 Å². The fourth-order valence-electron chi connectivity index (χ4n) is 0.965. The Bertz CT molecular complexity index is 73.0. The van der Waals surface area contributed by atoms with Crippen LogP contribution in [0.1, 0.15) is 27.2 Å². The number of nitrogens with one attached hydrogen (secondary N) is 1. The first-order valence-corrected chi connectivity index (χ1v) is 3.14. The van der Waals surface area contributed by atoms with E-state index >= 15 is 0 Å². The minimum Gasteiger partial charge on any atom is -0.390 e. The van der Waals surface area contributed by atoms with Crippen molar-refractivity contribution in [1.29, 1.82) is 0 Å². The summed E-state index contributed by atoms with van der Waals surface area (Å²) >= 11 is 0. The molecule has 1 aliphatic rings. The van der Waals surface area contributed by atoms with Gasteiger partial charge < -0.3 is 10.4 Å². The summed E-state index contributed by atoms with van der Waals surface area (Å²) in [7, 11) is 0. The summed E-state index contributed by atoms with van der Waals surface area (Å²) in [5.74, 6) is 0. The fourth-order valence-corrected chi connectivity index (χ4v) is 0.965. The molecule has 56 valence electrons. The van der Waals surface area contributed by atoms with Crippen LogP contribution in [-0.4, -0.2) is 23.8 Å². The lowest BCUT2D eigenvalue weighted by Gasteiger charge is -2.27. The Morgan fingerprint density at radius 2 is 1.78 bits per heavy atom. The van der Waals surface area contributed by atoms with Crippen molar-refractivity contribution in [2.75, 3.05) is 13.1 Å². The van der Waals surface area contributed by atoms with Crippen molar-refractivity contribution in [3.05, 3.63) is 0 Å². The van der Waals surface area contributed by atoms with Crippen molar-refractivity contribution in [3.63, 3.8) is 0 Å². The number of hydrogen-bond acceptors (Lipinski definition) is 2. The molecule has 1 saturated heterocycles. The van der Waals surface area contributed by atoms with E-state index in [0.717, 1.165) is 25.9 Å². The third-order valence-corrected chi connectivity index (χ3v) is 1.68. The molecule has 0 amide bonds. The van der Waals surface area contributed by atoms with Crippen molar-refractivity contribution in [2.24, 2.45) is 0 Å². The number of aliphatic hydroxyl groups is 1. The average Bonchev–Trinajstić information content (AvgIpc) is 1.65. The van der Waals surface area contributed by atoms with Gasteiger partial charge in [-0.25, -0.2) is 0 Å². The van der Waals surface area contributed by atoms with Crippen molar-refractivity contribution in [2.45, 2.75) is 32.8 Å². The van der Waals surface area contributed by atoms with Crippen LogP contribution in [0.25, 0.3) is 0 Å². The summed E-state index contributed by atoms with van der Waals surface area (Å²) in [6.45, 7) is 3.83. The van der Waals surface area contributed by atoms with Crippen molar-refractivity contribution >= 4 is 0 Å². The quantitative estimate of drug-likeness (QED) is 0.508. The fraction of sp³-hybridized carbons (Fsp3) is 1.00. The third kappa shape index (κ3) is 2.82. The Balaban J connectivity index is 0.000000640. The summed E-state index contributed by atoms with van der Waals surface area (Å²) in [5, 5.41) is 12.5. The van der Waals surface area contributed by atoms with Crippen LogP contribution in [0.2, 0.25) is 0 Å². The molecule has 2 nitrogen and oxygen atoms in total. The summed E-state index contributed by atoms with van der Waals surface area (Å²) in [6.07, 6.45) is 1.79. The first-order valence-electron chi connectivity index (χ1n) is 3.14. The van der Waals surface area contributed by atoms with Gasteiger partial charge in [-0.3, -0.25) is 0 Å². The first kappa shape index (κ1) is 8.92. The molecule has 0 aromatic rings. The molecule has 1 heterocycles. The van der Waals surface area contributed by atoms with Crippen LogP contribution >= 0.6 is 0 Å². The molecule has 0 atom stereocenters. The summed E-state index contributed by atoms with van der Waals surface area (Å²) < 4.78 is 0. The summed E-state index contributed by atoms with van der Waals surface area (Å²) in [6, 6.07) is 0. The van der Waals surface area contributed by atoms with Gasteiger partial charge in [-0.15, -0.1) is 0 Å². The van der Waals surface area contributed by atoms with Crippen LogP contribution in [0, 0.1) is 0 Å². The van der Waals surface area contributed by atoms with E-state index in [0.29, 0.717) is 0 Å². The monoisotopic (exact) mass is 131 g/mol. The molecular formula is C7H17NO. The average molecular weight is 131 g/mol. The highest BCUT2D eigenvalue weighted by Crippen LogP contribution is 2.15. The van der Waals surface area contributed by atoms with Crippen molar-refractivity contribution in [3.8, 4) is 0 Å². The van der Waals surface area contributed by atoms with Crippen LogP contribution in [0.4, 0.5) is 0 Å². The maximum Gasteiger partial charge on any atom is 0.0644 e. The zero-order valence-corrected chi connectivity index (χ0v) is 5.28. The molecule has 0 aromatic heterocycles. The van der Waals surface area contributed by atoms with Gasteiger partial charge in [0.2, 0.25) is 0 Å². The first-order chi connectivity index (χ1) is 3.71. The largest absolute Gasteiger partial charge is 0.390 e. The Kier molecular flexibility index (Phi) is 3.15. The highest BCUT2D eigenvalue weighted by Gasteiger charge is 2.21. The van der Waals surface area contributed by atoms with Gasteiger partial charge in [0.25, 0.3) is 0 Å². The second-order valence-electron chi connectivity index (χ2n) is 2.75. The molecule has 0 saturated carbocycles. The van der Waals surface area contributed by atoms with Crippen LogP contribution in [0.15, 0.2) is 0 Å². The predicted molar refractivity (Wildman–Crippen MR) is 39.5 cm³/mol. The van der Waals surface area contributed by atoms with Gasteiger partial charge in [0, 0.05) is 0 Å². The van der Waals surface area contributed by atoms with E-state index in [1.165, 1.54) is 0 Å². The van der Waals surface area contributed by atoms with E-state index in [1.54, 1.807) is 0 Å². The highest BCUT2D eigenvalue weighted by atomic mass is 16.3. The van der Waals surface area contributed by atoms with E-state index in [1.807, 2.05) is 6.92 Å². The van der Waals surface area contributed by atoms with Gasteiger partial charge in [-0.1, -0.05) is 7.43 Å². The maximum absolute atomic E-state index is 9.33. The van der Waals surface area contributed by atoms with E-state index in [4.69, 9.17) is 0 Å². The Labute approximate surface area is 57.3 Å². The molecule has 2 N–H and O–H groups in total. The molecule has 1 rings (SSSR count). The van der Waals surface area contributed by atoms with E-state index in [2.05, 4.69) is 5.32 Å². The minimum absolute atomic E-state index is 0. The Morgan fingerprint density at radius 1 is 1.33 bits per heavy atom. The molecule has 0 aliphatic carbocycles. The molecular weight excluding hydrogens is 114 g/mol. The van der Waals surface area contributed by atoms with Gasteiger partial charge in [0.05, 0.1) is 5.60 Å². The molecule has 9 heavy (non-hydrogen) atoms. The van der Waals surface area contributed by atoms with Crippen molar-refractivity contribution < 1.29 is 5.11 Å². The molecule has 1 fully saturated rings. The molecule has 2 heteroatoms. The molecule has 0 bridgehead atoms. The van der Waals surface area contributed by atoms with Crippen LogP contribution in [0.5, 0.6) is 0 Å². The second-order valence-corrected chi connectivity index (χ2v) is 2.75. The summed E-state index contributed by atoms with van der Waals surface area (Å²) in [4.78, 5) is 0. The second kappa shape index (κ2) is 3.18. The van der Waals surface area contributed by atoms with Crippen LogP contribution < -0.4 is 5.32 Å². The van der Waals surface area contributed by atoms with E-state index in [9.17, 15) is 5.11 Å². The normalized spacial score (nSPS) is 24.7. The third-order valence-electron chi connectivity index (χ3n) is 1.68.